The normalized spacial score (nSPS) is 12.4. The summed E-state index contributed by atoms with van der Waals surface area (Å²) in [5.41, 5.74) is 0.930. The zero-order valence-corrected chi connectivity index (χ0v) is 12.3. The molecular weight excluding hydrogens is 266 g/mol. The van der Waals surface area contributed by atoms with Gasteiger partial charge >= 0.3 is 0 Å². The van der Waals surface area contributed by atoms with E-state index in [2.05, 4.69) is 39.3 Å². The molecular formula is C13H16ClN3S. The molecule has 3 nitrogen and oxygen atoms in total. The monoisotopic (exact) mass is 281 g/mol. The first kappa shape index (κ1) is 13.3. The van der Waals surface area contributed by atoms with E-state index >= 15 is 0 Å². The molecule has 0 saturated heterocycles. The van der Waals surface area contributed by atoms with E-state index in [1.54, 1.807) is 11.3 Å². The van der Waals surface area contributed by atoms with Crippen LogP contribution >= 0.6 is 22.9 Å². The standard InChI is InChI=1S/C13H16ClN3S/c1-9(7-11-5-4-6-18-11)17(3)13-10(2)12(14)15-8-16-13/h4-6,8-9H,7H2,1-3H3. The van der Waals surface area contributed by atoms with Crippen LogP contribution < -0.4 is 4.90 Å². The molecule has 2 aromatic heterocycles. The summed E-state index contributed by atoms with van der Waals surface area (Å²) in [6, 6.07) is 4.61. The van der Waals surface area contributed by atoms with Gasteiger partial charge in [0.25, 0.3) is 0 Å². The van der Waals surface area contributed by atoms with E-state index in [1.165, 1.54) is 11.2 Å². The first-order valence-electron chi connectivity index (χ1n) is 5.82. The third-order valence-electron chi connectivity index (χ3n) is 3.07. The summed E-state index contributed by atoms with van der Waals surface area (Å²) in [4.78, 5) is 11.8. The lowest BCUT2D eigenvalue weighted by Crippen LogP contribution is -2.31. The number of hydrogen-bond acceptors (Lipinski definition) is 4. The summed E-state index contributed by atoms with van der Waals surface area (Å²) in [7, 11) is 2.05. The molecule has 0 spiro atoms. The number of aromatic nitrogens is 2. The van der Waals surface area contributed by atoms with E-state index < -0.39 is 0 Å². The van der Waals surface area contributed by atoms with Crippen molar-refractivity contribution in [1.29, 1.82) is 0 Å². The van der Waals surface area contributed by atoms with Gasteiger partial charge in [0.2, 0.25) is 0 Å². The van der Waals surface area contributed by atoms with Crippen molar-refractivity contribution in [3.63, 3.8) is 0 Å². The van der Waals surface area contributed by atoms with Crippen LogP contribution in [-0.4, -0.2) is 23.1 Å². The van der Waals surface area contributed by atoms with Crippen molar-refractivity contribution in [3.8, 4) is 0 Å². The third-order valence-corrected chi connectivity index (χ3v) is 4.35. The van der Waals surface area contributed by atoms with Crippen LogP contribution in [0.4, 0.5) is 5.82 Å². The molecule has 2 rings (SSSR count). The van der Waals surface area contributed by atoms with Gasteiger partial charge in [-0.2, -0.15) is 0 Å². The highest BCUT2D eigenvalue weighted by Crippen LogP contribution is 2.24. The van der Waals surface area contributed by atoms with Crippen molar-refractivity contribution in [2.45, 2.75) is 26.3 Å². The largest absolute Gasteiger partial charge is 0.356 e. The molecule has 0 aliphatic heterocycles. The molecule has 18 heavy (non-hydrogen) atoms. The number of thiophene rings is 1. The summed E-state index contributed by atoms with van der Waals surface area (Å²) in [5.74, 6) is 0.902. The van der Waals surface area contributed by atoms with E-state index in [-0.39, 0.29) is 0 Å². The van der Waals surface area contributed by atoms with E-state index in [1.807, 2.05) is 14.0 Å². The van der Waals surface area contributed by atoms with Crippen molar-refractivity contribution in [2.75, 3.05) is 11.9 Å². The fourth-order valence-corrected chi connectivity index (χ4v) is 2.80. The highest BCUT2D eigenvalue weighted by Gasteiger charge is 2.16. The Morgan fingerprint density at radius 3 is 2.89 bits per heavy atom. The average Bonchev–Trinajstić information content (AvgIpc) is 2.84. The molecule has 0 aliphatic carbocycles. The Hall–Kier alpha value is -1.13. The predicted molar refractivity (Wildman–Crippen MR) is 77.7 cm³/mol. The maximum absolute atomic E-state index is 6.03. The van der Waals surface area contributed by atoms with Gasteiger partial charge in [0.15, 0.2) is 0 Å². The molecule has 2 aromatic rings. The van der Waals surface area contributed by atoms with Crippen molar-refractivity contribution in [1.82, 2.24) is 9.97 Å². The lowest BCUT2D eigenvalue weighted by Gasteiger charge is -2.27. The second kappa shape index (κ2) is 5.67. The van der Waals surface area contributed by atoms with Gasteiger partial charge in [-0.05, 0) is 25.3 Å². The smallest absolute Gasteiger partial charge is 0.137 e. The zero-order chi connectivity index (χ0) is 13.1. The molecule has 2 heterocycles. The first-order valence-corrected chi connectivity index (χ1v) is 7.07. The van der Waals surface area contributed by atoms with Crippen LogP contribution in [0.15, 0.2) is 23.8 Å². The second-order valence-corrected chi connectivity index (χ2v) is 5.75. The van der Waals surface area contributed by atoms with Crippen LogP contribution in [0.3, 0.4) is 0 Å². The maximum Gasteiger partial charge on any atom is 0.137 e. The van der Waals surface area contributed by atoms with Gasteiger partial charge in [-0.1, -0.05) is 17.7 Å². The van der Waals surface area contributed by atoms with E-state index in [9.17, 15) is 0 Å². The van der Waals surface area contributed by atoms with Crippen molar-refractivity contribution in [3.05, 3.63) is 39.4 Å². The van der Waals surface area contributed by atoms with Gasteiger partial charge in [0.05, 0.1) is 0 Å². The van der Waals surface area contributed by atoms with Crippen LogP contribution in [0, 0.1) is 6.92 Å². The topological polar surface area (TPSA) is 29.0 Å². The third kappa shape index (κ3) is 2.82. The van der Waals surface area contributed by atoms with E-state index in [0.29, 0.717) is 11.2 Å². The lowest BCUT2D eigenvalue weighted by atomic mass is 10.1. The molecule has 0 bridgehead atoms. The second-order valence-electron chi connectivity index (χ2n) is 4.36. The van der Waals surface area contributed by atoms with Gasteiger partial charge in [-0.15, -0.1) is 11.3 Å². The number of likely N-dealkylation sites (N-methyl/N-ethyl adjacent to an activating group) is 1. The molecule has 5 heteroatoms. The fraction of sp³-hybridized carbons (Fsp3) is 0.385. The van der Waals surface area contributed by atoms with Crippen LogP contribution in [0.25, 0.3) is 0 Å². The van der Waals surface area contributed by atoms with E-state index in [4.69, 9.17) is 11.6 Å². The summed E-state index contributed by atoms with van der Waals surface area (Å²) < 4.78 is 0. The minimum absolute atomic E-state index is 0.369. The van der Waals surface area contributed by atoms with Crippen molar-refractivity contribution in [2.24, 2.45) is 0 Å². The minimum atomic E-state index is 0.369. The highest BCUT2D eigenvalue weighted by molar-refractivity contribution is 7.09. The Morgan fingerprint density at radius 1 is 1.44 bits per heavy atom. The molecule has 1 atom stereocenters. The van der Waals surface area contributed by atoms with Gasteiger partial charge in [-0.3, -0.25) is 0 Å². The molecule has 1 unspecified atom stereocenters. The lowest BCUT2D eigenvalue weighted by molar-refractivity contribution is 0.677. The van der Waals surface area contributed by atoms with Crippen LogP contribution in [0.2, 0.25) is 5.15 Å². The molecule has 0 amide bonds. The molecule has 0 aliphatic rings. The Kier molecular flexibility index (Phi) is 4.19. The molecule has 96 valence electrons. The molecule has 0 N–H and O–H groups in total. The number of halogens is 1. The fourth-order valence-electron chi connectivity index (χ4n) is 1.84. The first-order chi connectivity index (χ1) is 8.59. The van der Waals surface area contributed by atoms with Gasteiger partial charge < -0.3 is 4.90 Å². The molecule has 0 fully saturated rings. The predicted octanol–water partition coefficient (Wildman–Crippen LogP) is 3.57. The minimum Gasteiger partial charge on any atom is -0.356 e. The molecule has 0 radical (unpaired) electrons. The number of anilines is 1. The van der Waals surface area contributed by atoms with Crippen LogP contribution in [0.5, 0.6) is 0 Å². The van der Waals surface area contributed by atoms with Crippen LogP contribution in [0.1, 0.15) is 17.4 Å². The van der Waals surface area contributed by atoms with Gasteiger partial charge in [-0.25, -0.2) is 9.97 Å². The summed E-state index contributed by atoms with van der Waals surface area (Å²) in [5, 5.41) is 2.63. The average molecular weight is 282 g/mol. The van der Waals surface area contributed by atoms with Gasteiger partial charge in [0.1, 0.15) is 17.3 Å². The summed E-state index contributed by atoms with van der Waals surface area (Å²) in [6.07, 6.45) is 2.52. The Morgan fingerprint density at radius 2 is 2.22 bits per heavy atom. The van der Waals surface area contributed by atoms with Gasteiger partial charge in [0, 0.05) is 30.0 Å². The Bertz CT molecular complexity index is 513. The van der Waals surface area contributed by atoms with Crippen molar-refractivity contribution < 1.29 is 0 Å². The van der Waals surface area contributed by atoms with Crippen molar-refractivity contribution >= 4 is 28.8 Å². The number of nitrogens with zero attached hydrogens (tertiary/aromatic N) is 3. The number of hydrogen-bond donors (Lipinski definition) is 0. The maximum atomic E-state index is 6.03. The molecule has 0 saturated carbocycles. The number of rotatable bonds is 4. The highest BCUT2D eigenvalue weighted by atomic mass is 35.5. The van der Waals surface area contributed by atoms with Crippen LogP contribution in [-0.2, 0) is 6.42 Å². The Balaban J connectivity index is 2.15. The quantitative estimate of drug-likeness (QED) is 0.803. The Labute approximate surface area is 116 Å². The van der Waals surface area contributed by atoms with E-state index in [0.717, 1.165) is 17.8 Å². The summed E-state index contributed by atoms with van der Waals surface area (Å²) in [6.45, 7) is 4.14. The SMILES string of the molecule is Cc1c(Cl)ncnc1N(C)C(C)Cc1cccs1. The summed E-state index contributed by atoms with van der Waals surface area (Å²) >= 11 is 7.82. The zero-order valence-electron chi connectivity index (χ0n) is 10.7. The molecule has 0 aromatic carbocycles.